The van der Waals surface area contributed by atoms with Gasteiger partial charge >= 0.3 is 0 Å². The molecule has 1 saturated heterocycles. The Morgan fingerprint density at radius 1 is 1.22 bits per heavy atom. The van der Waals surface area contributed by atoms with Gasteiger partial charge in [0.15, 0.2) is 5.65 Å². The van der Waals surface area contributed by atoms with Gasteiger partial charge in [-0.1, -0.05) is 0 Å². The van der Waals surface area contributed by atoms with Crippen LogP contribution in [0, 0.1) is 0 Å². The topological polar surface area (TPSA) is 108 Å². The lowest BCUT2D eigenvalue weighted by atomic mass is 9.95. The van der Waals surface area contributed by atoms with Crippen LogP contribution in [0.3, 0.4) is 0 Å². The first-order valence-electron chi connectivity index (χ1n) is 7.43. The fourth-order valence-corrected chi connectivity index (χ4v) is 4.43. The molecule has 0 unspecified atom stereocenters. The van der Waals surface area contributed by atoms with E-state index in [9.17, 15) is 8.42 Å². The summed E-state index contributed by atoms with van der Waals surface area (Å²) in [7, 11) is -3.50. The van der Waals surface area contributed by atoms with Crippen molar-refractivity contribution in [1.82, 2.24) is 29.7 Å². The third-order valence-electron chi connectivity index (χ3n) is 4.24. The lowest BCUT2D eigenvalue weighted by Crippen LogP contribution is -2.39. The zero-order valence-electron chi connectivity index (χ0n) is 12.3. The summed E-state index contributed by atoms with van der Waals surface area (Å²) in [6.07, 6.45) is 6.21. The summed E-state index contributed by atoms with van der Waals surface area (Å²) < 4.78 is 26.8. The minimum absolute atomic E-state index is 0.0816. The number of aromatic amines is 2. The molecule has 1 fully saturated rings. The van der Waals surface area contributed by atoms with Crippen LogP contribution in [0.5, 0.6) is 0 Å². The van der Waals surface area contributed by atoms with Crippen LogP contribution in [0.1, 0.15) is 24.5 Å². The standard InChI is InChI=1S/C14H16N6O2S/c21-23(22,12-7-15-16-8-12)20-5-1-2-11(9-20)13-4-3-10-6-17-19-14(10)18-13/h3-4,6-8,11H,1-2,5,9H2,(H,15,16)(H,17,18,19)/t11-/m1/s1. The minimum Gasteiger partial charge on any atom is -0.284 e. The molecule has 3 aromatic rings. The van der Waals surface area contributed by atoms with Gasteiger partial charge in [-0.25, -0.2) is 13.4 Å². The molecule has 3 aromatic heterocycles. The number of H-pyrrole nitrogens is 2. The quantitative estimate of drug-likeness (QED) is 0.750. The number of pyridine rings is 1. The highest BCUT2D eigenvalue weighted by Crippen LogP contribution is 2.29. The van der Waals surface area contributed by atoms with Crippen molar-refractivity contribution in [2.75, 3.05) is 13.1 Å². The lowest BCUT2D eigenvalue weighted by molar-refractivity contribution is 0.313. The van der Waals surface area contributed by atoms with Crippen LogP contribution in [0.2, 0.25) is 0 Å². The highest BCUT2D eigenvalue weighted by atomic mass is 32.2. The molecule has 9 heteroatoms. The van der Waals surface area contributed by atoms with Gasteiger partial charge in [-0.2, -0.15) is 14.5 Å². The molecule has 120 valence electrons. The van der Waals surface area contributed by atoms with E-state index in [4.69, 9.17) is 0 Å². The average Bonchev–Trinajstić information content (AvgIpc) is 3.26. The van der Waals surface area contributed by atoms with E-state index in [0.29, 0.717) is 13.1 Å². The van der Waals surface area contributed by atoms with Gasteiger partial charge in [-0.15, -0.1) is 0 Å². The van der Waals surface area contributed by atoms with Crippen LogP contribution in [0.15, 0.2) is 35.6 Å². The summed E-state index contributed by atoms with van der Waals surface area (Å²) >= 11 is 0. The molecule has 1 atom stereocenters. The van der Waals surface area contributed by atoms with Crippen LogP contribution in [0.4, 0.5) is 0 Å². The van der Waals surface area contributed by atoms with E-state index in [1.807, 2.05) is 12.1 Å². The van der Waals surface area contributed by atoms with E-state index in [2.05, 4.69) is 25.4 Å². The number of hydrogen-bond donors (Lipinski definition) is 2. The van der Waals surface area contributed by atoms with Gasteiger partial charge in [0.2, 0.25) is 10.0 Å². The van der Waals surface area contributed by atoms with Crippen molar-refractivity contribution in [1.29, 1.82) is 0 Å². The van der Waals surface area contributed by atoms with E-state index in [1.165, 1.54) is 16.7 Å². The summed E-state index contributed by atoms with van der Waals surface area (Å²) in [6, 6.07) is 3.92. The Bertz CT molecular complexity index is 918. The van der Waals surface area contributed by atoms with Crippen molar-refractivity contribution in [3.63, 3.8) is 0 Å². The summed E-state index contributed by atoms with van der Waals surface area (Å²) in [5.74, 6) is 0.0816. The molecular formula is C14H16N6O2S. The highest BCUT2D eigenvalue weighted by molar-refractivity contribution is 7.89. The van der Waals surface area contributed by atoms with E-state index in [0.717, 1.165) is 29.6 Å². The second-order valence-electron chi connectivity index (χ2n) is 5.68. The van der Waals surface area contributed by atoms with Crippen LogP contribution < -0.4 is 0 Å². The van der Waals surface area contributed by atoms with Gasteiger partial charge in [0.05, 0.1) is 12.4 Å². The maximum absolute atomic E-state index is 12.6. The smallest absolute Gasteiger partial charge is 0.246 e. The normalized spacial score (nSPS) is 20.1. The molecule has 2 N–H and O–H groups in total. The molecule has 0 amide bonds. The highest BCUT2D eigenvalue weighted by Gasteiger charge is 2.32. The minimum atomic E-state index is -3.50. The average molecular weight is 332 g/mol. The van der Waals surface area contributed by atoms with E-state index < -0.39 is 10.0 Å². The second kappa shape index (κ2) is 5.43. The summed E-state index contributed by atoms with van der Waals surface area (Å²) in [5, 5.41) is 14.1. The Hall–Kier alpha value is -2.26. The van der Waals surface area contributed by atoms with Crippen molar-refractivity contribution in [3.8, 4) is 0 Å². The molecule has 1 aliphatic heterocycles. The number of sulfonamides is 1. The third-order valence-corrected chi connectivity index (χ3v) is 6.07. The zero-order chi connectivity index (χ0) is 15.9. The molecule has 8 nitrogen and oxygen atoms in total. The summed E-state index contributed by atoms with van der Waals surface area (Å²) in [5.41, 5.74) is 1.63. The number of piperidine rings is 1. The fourth-order valence-electron chi connectivity index (χ4n) is 3.00. The summed E-state index contributed by atoms with van der Waals surface area (Å²) in [6.45, 7) is 0.955. The SMILES string of the molecule is O=S(=O)(c1cn[nH]c1)N1CCC[C@@H](c2ccc3cn[nH]c3n2)C1. The van der Waals surface area contributed by atoms with Gasteiger partial charge < -0.3 is 0 Å². The van der Waals surface area contributed by atoms with Gasteiger partial charge in [-0.05, 0) is 25.0 Å². The molecule has 1 aliphatic rings. The Balaban J connectivity index is 1.61. The maximum Gasteiger partial charge on any atom is 0.246 e. The number of fused-ring (bicyclic) bond motifs is 1. The fraction of sp³-hybridized carbons (Fsp3) is 0.357. The number of nitrogens with zero attached hydrogens (tertiary/aromatic N) is 4. The van der Waals surface area contributed by atoms with Crippen molar-refractivity contribution < 1.29 is 8.42 Å². The van der Waals surface area contributed by atoms with E-state index in [1.54, 1.807) is 6.20 Å². The van der Waals surface area contributed by atoms with Crippen molar-refractivity contribution in [2.24, 2.45) is 0 Å². The van der Waals surface area contributed by atoms with E-state index >= 15 is 0 Å². The second-order valence-corrected chi connectivity index (χ2v) is 7.62. The van der Waals surface area contributed by atoms with Crippen LogP contribution in [0.25, 0.3) is 11.0 Å². The lowest BCUT2D eigenvalue weighted by Gasteiger charge is -2.31. The molecular weight excluding hydrogens is 316 g/mol. The van der Waals surface area contributed by atoms with Crippen molar-refractivity contribution in [2.45, 2.75) is 23.7 Å². The van der Waals surface area contributed by atoms with Gasteiger partial charge in [-0.3, -0.25) is 10.2 Å². The molecule has 0 aliphatic carbocycles. The van der Waals surface area contributed by atoms with E-state index in [-0.39, 0.29) is 10.8 Å². The number of nitrogens with one attached hydrogen (secondary N) is 2. The van der Waals surface area contributed by atoms with Crippen molar-refractivity contribution in [3.05, 3.63) is 36.4 Å². The molecule has 4 rings (SSSR count). The Labute approximate surface area is 133 Å². The van der Waals surface area contributed by atoms with Crippen LogP contribution in [-0.2, 0) is 10.0 Å². The monoisotopic (exact) mass is 332 g/mol. The molecule has 23 heavy (non-hydrogen) atoms. The third kappa shape index (κ3) is 2.51. The molecule has 4 heterocycles. The largest absolute Gasteiger partial charge is 0.284 e. The molecule has 0 bridgehead atoms. The first-order chi connectivity index (χ1) is 11.1. The first kappa shape index (κ1) is 14.3. The number of rotatable bonds is 3. The number of aromatic nitrogens is 5. The Morgan fingerprint density at radius 3 is 2.96 bits per heavy atom. The molecule has 0 saturated carbocycles. The van der Waals surface area contributed by atoms with Gasteiger partial charge in [0, 0.05) is 36.3 Å². The first-order valence-corrected chi connectivity index (χ1v) is 8.87. The number of hydrogen-bond acceptors (Lipinski definition) is 5. The van der Waals surface area contributed by atoms with Gasteiger partial charge in [0.25, 0.3) is 0 Å². The maximum atomic E-state index is 12.6. The Morgan fingerprint density at radius 2 is 2.13 bits per heavy atom. The zero-order valence-corrected chi connectivity index (χ0v) is 13.1. The van der Waals surface area contributed by atoms with Crippen molar-refractivity contribution >= 4 is 21.1 Å². The molecule has 0 aromatic carbocycles. The molecule has 0 radical (unpaired) electrons. The predicted octanol–water partition coefficient (Wildman–Crippen LogP) is 1.25. The van der Waals surface area contributed by atoms with Gasteiger partial charge in [0.1, 0.15) is 4.90 Å². The molecule has 0 spiro atoms. The predicted molar refractivity (Wildman–Crippen MR) is 83.2 cm³/mol. The van der Waals surface area contributed by atoms with Crippen LogP contribution >= 0.6 is 0 Å². The summed E-state index contributed by atoms with van der Waals surface area (Å²) in [4.78, 5) is 4.78. The Kier molecular flexibility index (Phi) is 3.38. The van der Waals surface area contributed by atoms with Crippen LogP contribution in [-0.4, -0.2) is 51.2 Å².